The van der Waals surface area contributed by atoms with Crippen LogP contribution in [0, 0.1) is 0 Å². The average Bonchev–Trinajstić information content (AvgIpc) is 2.69. The molecule has 0 bridgehead atoms. The molecule has 0 radical (unpaired) electrons. The number of nitrogens with zero attached hydrogens (tertiary/aromatic N) is 2. The van der Waals surface area contributed by atoms with Crippen molar-refractivity contribution >= 4 is 26.3 Å². The van der Waals surface area contributed by atoms with E-state index in [1.807, 2.05) is 0 Å². The van der Waals surface area contributed by atoms with Crippen LogP contribution < -0.4 is 10.6 Å². The molecule has 2 heterocycles. The number of nitrogens with two attached hydrogens (primary N) is 1. The third-order valence-electron chi connectivity index (χ3n) is 3.27. The molecule has 0 saturated carbocycles. The Bertz CT molecular complexity index is 537. The number of thiazole rings is 1. The minimum atomic E-state index is -2.87. The first-order chi connectivity index (χ1) is 8.93. The minimum absolute atomic E-state index is 0.224. The lowest BCUT2D eigenvalue weighted by Gasteiger charge is -2.18. The van der Waals surface area contributed by atoms with Crippen LogP contribution in [-0.2, 0) is 16.4 Å². The fraction of sp³-hybridized carbons (Fsp3) is 0.750. The zero-order chi connectivity index (χ0) is 14.0. The maximum atomic E-state index is 11.6. The zero-order valence-corrected chi connectivity index (χ0v) is 13.1. The highest BCUT2D eigenvalue weighted by molar-refractivity contribution is 7.91. The van der Waals surface area contributed by atoms with Crippen molar-refractivity contribution in [3.05, 3.63) is 10.6 Å². The summed E-state index contributed by atoms with van der Waals surface area (Å²) in [6, 6.07) is 0. The fourth-order valence-corrected chi connectivity index (χ4v) is 4.63. The van der Waals surface area contributed by atoms with Crippen molar-refractivity contribution in [1.29, 1.82) is 0 Å². The molecule has 1 aliphatic rings. The van der Waals surface area contributed by atoms with Gasteiger partial charge in [-0.25, -0.2) is 13.4 Å². The molecule has 1 aliphatic heterocycles. The fourth-order valence-electron chi connectivity index (χ4n) is 2.21. The summed E-state index contributed by atoms with van der Waals surface area (Å²) in [5.74, 6) is 0.858. The van der Waals surface area contributed by atoms with Gasteiger partial charge in [0.25, 0.3) is 0 Å². The van der Waals surface area contributed by atoms with E-state index in [2.05, 4.69) is 23.7 Å². The topological polar surface area (TPSA) is 76.3 Å². The zero-order valence-electron chi connectivity index (χ0n) is 11.4. The second-order valence-electron chi connectivity index (χ2n) is 5.16. The van der Waals surface area contributed by atoms with Crippen molar-refractivity contribution < 1.29 is 8.42 Å². The Labute approximate surface area is 118 Å². The summed E-state index contributed by atoms with van der Waals surface area (Å²) in [6.45, 7) is 6.00. The standard InChI is InChI=1S/C12H21N3O2S2/c1-9(2)11-10(8-13)18-12(14-11)15-4-3-6-19(16,17)7-5-15/h9H,3-8,13H2,1-2H3. The van der Waals surface area contributed by atoms with E-state index in [4.69, 9.17) is 5.73 Å². The Morgan fingerprint density at radius 1 is 1.37 bits per heavy atom. The molecule has 5 nitrogen and oxygen atoms in total. The van der Waals surface area contributed by atoms with Crippen LogP contribution in [0.3, 0.4) is 0 Å². The molecule has 19 heavy (non-hydrogen) atoms. The summed E-state index contributed by atoms with van der Waals surface area (Å²) in [5, 5.41) is 0.918. The molecule has 0 unspecified atom stereocenters. The molecular weight excluding hydrogens is 282 g/mol. The van der Waals surface area contributed by atoms with Crippen LogP contribution >= 0.6 is 11.3 Å². The van der Waals surface area contributed by atoms with Crippen molar-refractivity contribution in [3.8, 4) is 0 Å². The molecule has 1 aromatic rings. The van der Waals surface area contributed by atoms with Crippen LogP contribution in [-0.4, -0.2) is 38.0 Å². The van der Waals surface area contributed by atoms with Gasteiger partial charge in [0, 0.05) is 24.5 Å². The Kier molecular flexibility index (Phi) is 4.47. The molecule has 0 amide bonds. The normalized spacial score (nSPS) is 19.7. The first-order valence-electron chi connectivity index (χ1n) is 6.58. The first-order valence-corrected chi connectivity index (χ1v) is 9.22. The largest absolute Gasteiger partial charge is 0.347 e. The number of sulfone groups is 1. The average molecular weight is 303 g/mol. The van der Waals surface area contributed by atoms with Gasteiger partial charge >= 0.3 is 0 Å². The summed E-state index contributed by atoms with van der Waals surface area (Å²) in [4.78, 5) is 7.86. The maximum Gasteiger partial charge on any atom is 0.185 e. The molecular formula is C12H21N3O2S2. The number of hydrogen-bond donors (Lipinski definition) is 1. The van der Waals surface area contributed by atoms with Crippen molar-refractivity contribution in [3.63, 3.8) is 0 Å². The molecule has 1 fully saturated rings. The molecule has 0 aromatic carbocycles. The summed E-state index contributed by atoms with van der Waals surface area (Å²) in [6.07, 6.45) is 0.677. The van der Waals surface area contributed by atoms with E-state index in [9.17, 15) is 8.42 Å². The summed E-state index contributed by atoms with van der Waals surface area (Å²) in [7, 11) is -2.87. The Hall–Kier alpha value is -0.660. The Morgan fingerprint density at radius 3 is 2.68 bits per heavy atom. The highest BCUT2D eigenvalue weighted by atomic mass is 32.2. The van der Waals surface area contributed by atoms with Crippen LogP contribution in [0.5, 0.6) is 0 Å². The predicted molar refractivity (Wildman–Crippen MR) is 79.6 cm³/mol. The van der Waals surface area contributed by atoms with Crippen molar-refractivity contribution in [2.45, 2.75) is 32.7 Å². The minimum Gasteiger partial charge on any atom is -0.347 e. The monoisotopic (exact) mass is 303 g/mol. The van der Waals surface area contributed by atoms with Crippen LogP contribution in [0.4, 0.5) is 5.13 Å². The van der Waals surface area contributed by atoms with Gasteiger partial charge in [-0.3, -0.25) is 0 Å². The smallest absolute Gasteiger partial charge is 0.185 e. The number of anilines is 1. The summed E-state index contributed by atoms with van der Waals surface area (Å²) in [5.41, 5.74) is 6.81. The van der Waals surface area contributed by atoms with Gasteiger partial charge < -0.3 is 10.6 Å². The van der Waals surface area contributed by atoms with Crippen molar-refractivity contribution in [2.24, 2.45) is 5.73 Å². The molecule has 2 rings (SSSR count). The molecule has 0 aliphatic carbocycles. The van der Waals surface area contributed by atoms with Gasteiger partial charge in [-0.05, 0) is 12.3 Å². The van der Waals surface area contributed by atoms with Crippen LogP contribution in [0.25, 0.3) is 0 Å². The third-order valence-corrected chi connectivity index (χ3v) is 6.14. The number of hydrogen-bond acceptors (Lipinski definition) is 6. The molecule has 7 heteroatoms. The van der Waals surface area contributed by atoms with Gasteiger partial charge in [-0.15, -0.1) is 11.3 Å². The van der Waals surface area contributed by atoms with Crippen LogP contribution in [0.1, 0.15) is 36.8 Å². The Balaban J connectivity index is 2.22. The van der Waals surface area contributed by atoms with Gasteiger partial charge in [0.1, 0.15) is 0 Å². The van der Waals surface area contributed by atoms with Crippen LogP contribution in [0.15, 0.2) is 0 Å². The highest BCUT2D eigenvalue weighted by Crippen LogP contribution is 2.31. The second kappa shape index (κ2) is 5.76. The first kappa shape index (κ1) is 14.7. The lowest BCUT2D eigenvalue weighted by Crippen LogP contribution is -2.26. The lowest BCUT2D eigenvalue weighted by atomic mass is 10.1. The number of rotatable bonds is 3. The third kappa shape index (κ3) is 3.46. The molecule has 2 N–H and O–H groups in total. The van der Waals surface area contributed by atoms with Gasteiger partial charge in [0.2, 0.25) is 0 Å². The maximum absolute atomic E-state index is 11.6. The van der Waals surface area contributed by atoms with Gasteiger partial charge in [0.15, 0.2) is 15.0 Å². The van der Waals surface area contributed by atoms with E-state index in [0.717, 1.165) is 22.2 Å². The predicted octanol–water partition coefficient (Wildman–Crippen LogP) is 1.35. The van der Waals surface area contributed by atoms with E-state index in [1.165, 1.54) is 0 Å². The molecule has 1 saturated heterocycles. The van der Waals surface area contributed by atoms with Crippen LogP contribution in [0.2, 0.25) is 0 Å². The Morgan fingerprint density at radius 2 is 2.11 bits per heavy atom. The van der Waals surface area contributed by atoms with E-state index in [-0.39, 0.29) is 11.5 Å². The molecule has 0 atom stereocenters. The van der Waals surface area contributed by atoms with Gasteiger partial charge in [-0.1, -0.05) is 13.8 Å². The molecule has 0 spiro atoms. The van der Waals surface area contributed by atoms with E-state index in [0.29, 0.717) is 25.4 Å². The summed E-state index contributed by atoms with van der Waals surface area (Å²) < 4.78 is 23.2. The van der Waals surface area contributed by atoms with Crippen molar-refractivity contribution in [1.82, 2.24) is 4.98 Å². The molecule has 108 valence electrons. The van der Waals surface area contributed by atoms with E-state index >= 15 is 0 Å². The number of aromatic nitrogens is 1. The molecule has 1 aromatic heterocycles. The van der Waals surface area contributed by atoms with E-state index < -0.39 is 9.84 Å². The lowest BCUT2D eigenvalue weighted by molar-refractivity contribution is 0.597. The van der Waals surface area contributed by atoms with Crippen molar-refractivity contribution in [2.75, 3.05) is 29.5 Å². The quantitative estimate of drug-likeness (QED) is 0.912. The highest BCUT2D eigenvalue weighted by Gasteiger charge is 2.23. The second-order valence-corrected chi connectivity index (χ2v) is 8.52. The van der Waals surface area contributed by atoms with E-state index in [1.54, 1.807) is 11.3 Å². The van der Waals surface area contributed by atoms with Gasteiger partial charge in [0.05, 0.1) is 17.2 Å². The van der Waals surface area contributed by atoms with Gasteiger partial charge in [-0.2, -0.15) is 0 Å². The summed E-state index contributed by atoms with van der Waals surface area (Å²) >= 11 is 1.60. The SMILES string of the molecule is CC(C)c1nc(N2CCCS(=O)(=O)CC2)sc1CN.